The number of halogens is 1. The molecule has 2 rings (SSSR count). The Kier molecular flexibility index (Phi) is 3.65. The third-order valence-corrected chi connectivity index (χ3v) is 2.49. The number of rotatable bonds is 4. The summed E-state index contributed by atoms with van der Waals surface area (Å²) in [5, 5.41) is 11.1. The van der Waals surface area contributed by atoms with Crippen molar-refractivity contribution in [1.82, 2.24) is 9.97 Å². The molecule has 7 nitrogen and oxygen atoms in total. The van der Waals surface area contributed by atoms with Crippen LogP contribution in [0, 0.1) is 5.82 Å². The average molecular weight is 279 g/mol. The Labute approximate surface area is 112 Å². The Morgan fingerprint density at radius 1 is 1.45 bits per heavy atom. The maximum atomic E-state index is 13.6. The van der Waals surface area contributed by atoms with Crippen LogP contribution in [0.4, 0.5) is 10.1 Å². The highest BCUT2D eigenvalue weighted by molar-refractivity contribution is 6.08. The lowest BCUT2D eigenvalue weighted by Crippen LogP contribution is -2.17. The molecule has 0 aliphatic heterocycles. The van der Waals surface area contributed by atoms with Crippen molar-refractivity contribution in [2.75, 3.05) is 12.4 Å². The predicted octanol–water partition coefficient (Wildman–Crippen LogP) is 1.51. The quantitative estimate of drug-likeness (QED) is 0.786. The molecule has 1 heterocycles. The summed E-state index contributed by atoms with van der Waals surface area (Å²) in [6, 6.07) is 3.79. The van der Waals surface area contributed by atoms with E-state index >= 15 is 0 Å². The number of nitrogens with one attached hydrogen (secondary N) is 2. The molecule has 104 valence electrons. The Morgan fingerprint density at radius 3 is 2.85 bits per heavy atom. The van der Waals surface area contributed by atoms with Crippen molar-refractivity contribution in [2.45, 2.75) is 0 Å². The number of H-pyrrole nitrogens is 1. The van der Waals surface area contributed by atoms with Gasteiger partial charge in [-0.3, -0.25) is 4.79 Å². The van der Waals surface area contributed by atoms with Gasteiger partial charge >= 0.3 is 5.97 Å². The third kappa shape index (κ3) is 2.58. The molecule has 1 aromatic carbocycles. The van der Waals surface area contributed by atoms with E-state index in [0.29, 0.717) is 5.75 Å². The van der Waals surface area contributed by atoms with E-state index in [9.17, 15) is 14.0 Å². The van der Waals surface area contributed by atoms with Gasteiger partial charge in [-0.25, -0.2) is 14.2 Å². The number of methoxy groups -OCH3 is 1. The summed E-state index contributed by atoms with van der Waals surface area (Å²) in [6.45, 7) is 0. The lowest BCUT2D eigenvalue weighted by molar-refractivity contribution is 0.0686. The van der Waals surface area contributed by atoms with Crippen LogP contribution in [0.15, 0.2) is 24.5 Å². The number of carboxylic acids is 1. The minimum Gasteiger partial charge on any atom is -0.497 e. The van der Waals surface area contributed by atoms with Crippen LogP contribution in [0.5, 0.6) is 5.75 Å². The highest BCUT2D eigenvalue weighted by Crippen LogP contribution is 2.21. The molecule has 1 aromatic heterocycles. The minimum absolute atomic E-state index is 0.131. The summed E-state index contributed by atoms with van der Waals surface area (Å²) in [5.74, 6) is -2.50. The van der Waals surface area contributed by atoms with Crippen molar-refractivity contribution in [2.24, 2.45) is 0 Å². The van der Waals surface area contributed by atoms with Crippen molar-refractivity contribution in [1.29, 1.82) is 0 Å². The van der Waals surface area contributed by atoms with Gasteiger partial charge < -0.3 is 20.1 Å². The molecule has 8 heteroatoms. The van der Waals surface area contributed by atoms with Crippen LogP contribution in [0.3, 0.4) is 0 Å². The number of carbonyl (C=O) groups excluding carboxylic acids is 1. The van der Waals surface area contributed by atoms with Crippen LogP contribution in [0.2, 0.25) is 0 Å². The van der Waals surface area contributed by atoms with Crippen LogP contribution in [0.1, 0.15) is 21.0 Å². The van der Waals surface area contributed by atoms with Crippen molar-refractivity contribution >= 4 is 17.6 Å². The minimum atomic E-state index is -1.33. The smallest absolute Gasteiger partial charge is 0.354 e. The van der Waals surface area contributed by atoms with E-state index in [1.165, 1.54) is 19.2 Å². The fourth-order valence-electron chi connectivity index (χ4n) is 1.54. The lowest BCUT2D eigenvalue weighted by atomic mass is 10.2. The summed E-state index contributed by atoms with van der Waals surface area (Å²) in [6.07, 6.45) is 1.07. The molecule has 0 saturated heterocycles. The number of ether oxygens (including phenoxy) is 1. The number of amides is 1. The second kappa shape index (κ2) is 5.39. The van der Waals surface area contributed by atoms with E-state index in [4.69, 9.17) is 9.84 Å². The first-order valence-corrected chi connectivity index (χ1v) is 5.44. The largest absolute Gasteiger partial charge is 0.497 e. The van der Waals surface area contributed by atoms with Crippen LogP contribution in [0.25, 0.3) is 0 Å². The fraction of sp³-hybridized carbons (Fsp3) is 0.0833. The van der Waals surface area contributed by atoms with Crippen LogP contribution in [-0.4, -0.2) is 34.1 Å². The summed E-state index contributed by atoms with van der Waals surface area (Å²) in [5.41, 5.74) is -0.834. The number of anilines is 1. The average Bonchev–Trinajstić information content (AvgIpc) is 2.90. The van der Waals surface area contributed by atoms with E-state index < -0.39 is 17.7 Å². The number of carboxylic acid groups (broad SMARTS) is 1. The van der Waals surface area contributed by atoms with Crippen molar-refractivity contribution in [3.8, 4) is 5.75 Å². The molecule has 20 heavy (non-hydrogen) atoms. The monoisotopic (exact) mass is 279 g/mol. The van der Waals surface area contributed by atoms with Gasteiger partial charge in [0.05, 0.1) is 19.1 Å². The predicted molar refractivity (Wildman–Crippen MR) is 66.5 cm³/mol. The zero-order valence-corrected chi connectivity index (χ0v) is 10.3. The van der Waals surface area contributed by atoms with Crippen LogP contribution < -0.4 is 10.1 Å². The van der Waals surface area contributed by atoms with E-state index in [1.807, 2.05) is 0 Å². The second-order valence-corrected chi connectivity index (χ2v) is 3.73. The first-order valence-electron chi connectivity index (χ1n) is 5.44. The fourth-order valence-corrected chi connectivity index (χ4v) is 1.54. The number of hydrogen-bond donors (Lipinski definition) is 3. The summed E-state index contributed by atoms with van der Waals surface area (Å²) >= 11 is 0. The molecule has 0 atom stereocenters. The zero-order chi connectivity index (χ0) is 14.7. The number of hydrogen-bond acceptors (Lipinski definition) is 4. The van der Waals surface area contributed by atoms with Gasteiger partial charge in [0, 0.05) is 6.07 Å². The normalized spacial score (nSPS) is 10.1. The Bertz CT molecular complexity index is 668. The molecule has 0 aliphatic carbocycles. The molecule has 0 saturated carbocycles. The number of imidazole rings is 1. The summed E-state index contributed by atoms with van der Waals surface area (Å²) in [7, 11) is 1.40. The molecule has 0 radical (unpaired) electrons. The van der Waals surface area contributed by atoms with Gasteiger partial charge in [0.15, 0.2) is 11.4 Å². The Balaban J connectivity index is 2.28. The number of aromatic nitrogens is 2. The topological polar surface area (TPSA) is 104 Å². The van der Waals surface area contributed by atoms with Gasteiger partial charge in [-0.2, -0.15) is 0 Å². The second-order valence-electron chi connectivity index (χ2n) is 3.73. The zero-order valence-electron chi connectivity index (χ0n) is 10.3. The molecule has 0 spiro atoms. The first-order chi connectivity index (χ1) is 9.52. The molecule has 0 fully saturated rings. The maximum Gasteiger partial charge on any atom is 0.354 e. The van der Waals surface area contributed by atoms with Gasteiger partial charge in [0.25, 0.3) is 5.91 Å². The summed E-state index contributed by atoms with van der Waals surface area (Å²) in [4.78, 5) is 28.7. The molecular weight excluding hydrogens is 269 g/mol. The Hall–Kier alpha value is -2.90. The van der Waals surface area contributed by atoms with Gasteiger partial charge in [-0.1, -0.05) is 0 Å². The number of aromatic carboxylic acids is 1. The van der Waals surface area contributed by atoms with Crippen molar-refractivity contribution < 1.29 is 23.8 Å². The number of aromatic amines is 1. The summed E-state index contributed by atoms with van der Waals surface area (Å²) < 4.78 is 18.5. The molecular formula is C12H10FN3O4. The number of carbonyl (C=O) groups is 2. The van der Waals surface area contributed by atoms with Crippen molar-refractivity contribution in [3.05, 3.63) is 41.7 Å². The molecule has 0 bridgehead atoms. The first kappa shape index (κ1) is 13.5. The maximum absolute atomic E-state index is 13.6. The van der Waals surface area contributed by atoms with E-state index in [2.05, 4.69) is 15.3 Å². The number of nitrogens with zero attached hydrogens (tertiary/aromatic N) is 1. The van der Waals surface area contributed by atoms with Crippen molar-refractivity contribution in [3.63, 3.8) is 0 Å². The highest BCUT2D eigenvalue weighted by atomic mass is 19.1. The highest BCUT2D eigenvalue weighted by Gasteiger charge is 2.20. The number of benzene rings is 1. The SMILES string of the molecule is COc1ccc(F)c(NC(=O)c2nc[nH]c2C(=O)O)c1. The third-order valence-electron chi connectivity index (χ3n) is 2.49. The van der Waals surface area contributed by atoms with E-state index in [-0.39, 0.29) is 17.1 Å². The molecule has 2 aromatic rings. The standard InChI is InChI=1S/C12H10FN3O4/c1-20-6-2-3-7(13)8(4-6)16-11(17)9-10(12(18)19)15-5-14-9/h2-5H,1H3,(H,14,15)(H,16,17)(H,18,19). The lowest BCUT2D eigenvalue weighted by Gasteiger charge is -2.07. The van der Waals surface area contributed by atoms with E-state index in [1.54, 1.807) is 0 Å². The van der Waals surface area contributed by atoms with Gasteiger partial charge in [0.1, 0.15) is 11.6 Å². The molecule has 0 aliphatic rings. The van der Waals surface area contributed by atoms with Gasteiger partial charge in [0.2, 0.25) is 0 Å². The van der Waals surface area contributed by atoms with Crippen LogP contribution in [-0.2, 0) is 0 Å². The van der Waals surface area contributed by atoms with Gasteiger partial charge in [-0.05, 0) is 12.1 Å². The van der Waals surface area contributed by atoms with E-state index in [0.717, 1.165) is 12.4 Å². The Morgan fingerprint density at radius 2 is 2.20 bits per heavy atom. The molecule has 1 amide bonds. The van der Waals surface area contributed by atoms with Crippen LogP contribution >= 0.6 is 0 Å². The van der Waals surface area contributed by atoms with Gasteiger partial charge in [-0.15, -0.1) is 0 Å². The molecule has 0 unspecified atom stereocenters. The molecule has 3 N–H and O–H groups in total.